The molecule has 3 aromatic heterocycles. The zero-order valence-electron chi connectivity index (χ0n) is 15.3. The van der Waals surface area contributed by atoms with Gasteiger partial charge in [-0.2, -0.15) is 10.2 Å². The van der Waals surface area contributed by atoms with E-state index in [1.54, 1.807) is 7.11 Å². The first kappa shape index (κ1) is 17.5. The van der Waals surface area contributed by atoms with Gasteiger partial charge in [0.2, 0.25) is 0 Å². The lowest BCUT2D eigenvalue weighted by molar-refractivity contribution is 0.278. The number of hydrogen-bond donors (Lipinski definition) is 1. The molecule has 8 heteroatoms. The number of pyridine rings is 1. The normalized spacial score (nSPS) is 16.8. The summed E-state index contributed by atoms with van der Waals surface area (Å²) in [5.41, 5.74) is 5.45. The smallest absolute Gasteiger partial charge is 0.159 e. The average Bonchev–Trinajstić information content (AvgIpc) is 3.33. The number of rotatable bonds is 4. The first-order valence-electron chi connectivity index (χ1n) is 8.55. The highest BCUT2D eigenvalue weighted by Gasteiger charge is 2.26. The van der Waals surface area contributed by atoms with Crippen molar-refractivity contribution in [2.75, 3.05) is 7.11 Å². The van der Waals surface area contributed by atoms with E-state index in [1.165, 1.54) is 6.33 Å². The predicted molar refractivity (Wildman–Crippen MR) is 104 cm³/mol. The monoisotopic (exact) mass is 382 g/mol. The fraction of sp³-hybridized carbons (Fsp3) is 0.263. The van der Waals surface area contributed by atoms with Gasteiger partial charge in [-0.25, -0.2) is 9.67 Å². The summed E-state index contributed by atoms with van der Waals surface area (Å²) in [6.07, 6.45) is 9.76. The summed E-state index contributed by atoms with van der Waals surface area (Å²) >= 11 is 6.64. The molecular formula is C19H19ClN6O. The van der Waals surface area contributed by atoms with Crippen molar-refractivity contribution in [2.45, 2.75) is 25.6 Å². The number of allylic oxidation sites excluding steroid dienone is 4. The molecule has 27 heavy (non-hydrogen) atoms. The van der Waals surface area contributed by atoms with E-state index in [0.29, 0.717) is 12.2 Å². The van der Waals surface area contributed by atoms with Crippen LogP contribution in [0.4, 0.5) is 0 Å². The van der Waals surface area contributed by atoms with Crippen LogP contribution < -0.4 is 0 Å². The molecule has 1 unspecified atom stereocenters. The van der Waals surface area contributed by atoms with Gasteiger partial charge in [-0.1, -0.05) is 6.08 Å². The maximum atomic E-state index is 6.64. The third-order valence-electron chi connectivity index (χ3n) is 4.54. The standard InChI is InChI=1S/C19H19ClN6O/c1-11-8-21-12(2)6-17(11)26-9-15(19-22-10-23-24-19)18(25-26)14-5-4-13(27-3)7-16(14)20/h4-6,8-10,16H,7H2,1-3H3,(H,22,23,24). The number of alkyl halides is 1. The van der Waals surface area contributed by atoms with Crippen molar-refractivity contribution in [3.63, 3.8) is 0 Å². The van der Waals surface area contributed by atoms with Crippen LogP contribution in [-0.2, 0) is 4.74 Å². The Labute approximate surface area is 161 Å². The van der Waals surface area contributed by atoms with Crippen LogP contribution >= 0.6 is 11.6 Å². The third kappa shape index (κ3) is 3.26. The van der Waals surface area contributed by atoms with Gasteiger partial charge in [0.1, 0.15) is 12.0 Å². The number of aromatic nitrogens is 6. The Bertz CT molecular complexity index is 1030. The summed E-state index contributed by atoms with van der Waals surface area (Å²) in [6, 6.07) is 2.01. The van der Waals surface area contributed by atoms with Crippen molar-refractivity contribution in [1.29, 1.82) is 0 Å². The fourth-order valence-corrected chi connectivity index (χ4v) is 3.43. The molecule has 1 aliphatic rings. The Hall–Kier alpha value is -2.93. The molecule has 0 bridgehead atoms. The van der Waals surface area contributed by atoms with E-state index < -0.39 is 0 Å². The van der Waals surface area contributed by atoms with Gasteiger partial charge in [0, 0.05) is 24.5 Å². The van der Waals surface area contributed by atoms with E-state index in [-0.39, 0.29) is 5.38 Å². The first-order chi connectivity index (χ1) is 13.1. The predicted octanol–water partition coefficient (Wildman–Crippen LogP) is 3.59. The van der Waals surface area contributed by atoms with Crippen LogP contribution in [0.15, 0.2) is 42.7 Å². The van der Waals surface area contributed by atoms with E-state index >= 15 is 0 Å². The number of nitrogens with zero attached hydrogens (tertiary/aromatic N) is 5. The number of hydrogen-bond acceptors (Lipinski definition) is 5. The Morgan fingerprint density at radius 3 is 2.81 bits per heavy atom. The molecule has 0 fully saturated rings. The van der Waals surface area contributed by atoms with E-state index in [1.807, 2.05) is 49.1 Å². The van der Waals surface area contributed by atoms with Gasteiger partial charge >= 0.3 is 0 Å². The molecule has 0 saturated carbocycles. The Kier molecular flexibility index (Phi) is 4.53. The van der Waals surface area contributed by atoms with Crippen LogP contribution in [0.5, 0.6) is 0 Å². The molecule has 7 nitrogen and oxygen atoms in total. The molecule has 0 radical (unpaired) electrons. The summed E-state index contributed by atoms with van der Waals surface area (Å²) < 4.78 is 7.17. The van der Waals surface area contributed by atoms with Crippen molar-refractivity contribution in [2.24, 2.45) is 0 Å². The molecule has 0 saturated heterocycles. The molecule has 1 atom stereocenters. The van der Waals surface area contributed by atoms with Crippen LogP contribution in [0.25, 0.3) is 22.6 Å². The van der Waals surface area contributed by atoms with E-state index in [0.717, 1.165) is 39.5 Å². The SMILES string of the molecule is COC1=CC=C(c2nn(-c3cc(C)ncc3C)cc2-c2ncn[nH]2)C(Cl)C1. The highest BCUT2D eigenvalue weighted by Crippen LogP contribution is 2.35. The van der Waals surface area contributed by atoms with Crippen LogP contribution in [0.2, 0.25) is 0 Å². The largest absolute Gasteiger partial charge is 0.501 e. The van der Waals surface area contributed by atoms with Gasteiger partial charge in [-0.15, -0.1) is 11.6 Å². The summed E-state index contributed by atoms with van der Waals surface area (Å²) in [7, 11) is 1.65. The number of H-pyrrole nitrogens is 1. The lowest BCUT2D eigenvalue weighted by Gasteiger charge is -2.18. The second-order valence-electron chi connectivity index (χ2n) is 6.41. The fourth-order valence-electron chi connectivity index (χ4n) is 3.10. The minimum atomic E-state index is -0.241. The maximum absolute atomic E-state index is 6.64. The minimum absolute atomic E-state index is 0.241. The van der Waals surface area contributed by atoms with Gasteiger partial charge in [0.25, 0.3) is 0 Å². The average molecular weight is 383 g/mol. The number of halogens is 1. The highest BCUT2D eigenvalue weighted by atomic mass is 35.5. The second kappa shape index (κ2) is 7.00. The molecule has 3 heterocycles. The number of aryl methyl sites for hydroxylation is 2. The molecule has 3 aromatic rings. The third-order valence-corrected chi connectivity index (χ3v) is 4.93. The molecule has 1 N–H and O–H groups in total. The molecule has 0 aliphatic heterocycles. The summed E-state index contributed by atoms with van der Waals surface area (Å²) in [5, 5.41) is 11.5. The van der Waals surface area contributed by atoms with Crippen molar-refractivity contribution in [3.05, 3.63) is 59.6 Å². The number of nitrogens with one attached hydrogen (secondary N) is 1. The van der Waals surface area contributed by atoms with E-state index in [2.05, 4.69) is 20.2 Å². The van der Waals surface area contributed by atoms with E-state index in [9.17, 15) is 0 Å². The number of aromatic amines is 1. The topological polar surface area (TPSA) is 81.5 Å². The Morgan fingerprint density at radius 1 is 1.26 bits per heavy atom. The van der Waals surface area contributed by atoms with Crippen LogP contribution in [0.3, 0.4) is 0 Å². The molecular weight excluding hydrogens is 364 g/mol. The molecule has 0 amide bonds. The van der Waals surface area contributed by atoms with Crippen molar-refractivity contribution >= 4 is 17.2 Å². The molecule has 0 spiro atoms. The molecule has 0 aromatic carbocycles. The highest BCUT2D eigenvalue weighted by molar-refractivity contribution is 6.27. The number of ether oxygens (including phenoxy) is 1. The lowest BCUT2D eigenvalue weighted by atomic mass is 9.97. The maximum Gasteiger partial charge on any atom is 0.159 e. The zero-order valence-corrected chi connectivity index (χ0v) is 16.0. The van der Waals surface area contributed by atoms with Crippen LogP contribution in [0.1, 0.15) is 23.4 Å². The van der Waals surface area contributed by atoms with Gasteiger partial charge in [0.05, 0.1) is 29.5 Å². The quantitative estimate of drug-likeness (QED) is 0.697. The van der Waals surface area contributed by atoms with Gasteiger partial charge in [-0.05, 0) is 37.1 Å². The Balaban J connectivity index is 1.89. The summed E-state index contributed by atoms with van der Waals surface area (Å²) in [5.74, 6) is 1.49. The van der Waals surface area contributed by atoms with Crippen molar-refractivity contribution < 1.29 is 4.74 Å². The Morgan fingerprint density at radius 2 is 2.11 bits per heavy atom. The van der Waals surface area contributed by atoms with Gasteiger partial charge in [0.15, 0.2) is 5.82 Å². The summed E-state index contributed by atoms with van der Waals surface area (Å²) in [4.78, 5) is 8.64. The minimum Gasteiger partial charge on any atom is -0.501 e. The lowest BCUT2D eigenvalue weighted by Crippen LogP contribution is -2.10. The van der Waals surface area contributed by atoms with Crippen LogP contribution in [-0.4, -0.2) is 42.4 Å². The van der Waals surface area contributed by atoms with Gasteiger partial charge < -0.3 is 4.74 Å². The van der Waals surface area contributed by atoms with Gasteiger partial charge in [-0.3, -0.25) is 10.1 Å². The number of methoxy groups -OCH3 is 1. The van der Waals surface area contributed by atoms with Crippen molar-refractivity contribution in [3.8, 4) is 17.1 Å². The molecule has 138 valence electrons. The first-order valence-corrected chi connectivity index (χ1v) is 8.98. The second-order valence-corrected chi connectivity index (χ2v) is 6.94. The van der Waals surface area contributed by atoms with E-state index in [4.69, 9.17) is 21.4 Å². The summed E-state index contributed by atoms with van der Waals surface area (Å²) in [6.45, 7) is 3.97. The van der Waals surface area contributed by atoms with Crippen LogP contribution in [0, 0.1) is 13.8 Å². The molecule has 1 aliphatic carbocycles. The zero-order chi connectivity index (χ0) is 19.0. The molecule has 4 rings (SSSR count). The van der Waals surface area contributed by atoms with Crippen molar-refractivity contribution in [1.82, 2.24) is 29.9 Å².